The van der Waals surface area contributed by atoms with E-state index in [0.717, 1.165) is 18.7 Å². The number of hydrogen-bond donors (Lipinski definition) is 0. The second-order valence-electron chi connectivity index (χ2n) is 10.6. The summed E-state index contributed by atoms with van der Waals surface area (Å²) >= 11 is 0. The maximum absolute atomic E-state index is 14.0. The van der Waals surface area contributed by atoms with Crippen LogP contribution >= 0.6 is 0 Å². The molecular weight excluding hydrogens is 516 g/mol. The molecule has 208 valence electrons. The van der Waals surface area contributed by atoms with Crippen LogP contribution in [0, 0.1) is 33.6 Å². The number of hydrogen-bond acceptors (Lipinski definition) is 7. The third kappa shape index (κ3) is 5.15. The summed E-state index contributed by atoms with van der Waals surface area (Å²) in [5, 5.41) is 4.10. The van der Waals surface area contributed by atoms with E-state index in [0.29, 0.717) is 30.3 Å². The lowest BCUT2D eigenvalue weighted by atomic mass is 9.86. The summed E-state index contributed by atoms with van der Waals surface area (Å²) in [6, 6.07) is 12.9. The first-order chi connectivity index (χ1) is 18.6. The molecule has 1 unspecified atom stereocenters. The first-order valence-electron chi connectivity index (χ1n) is 13.3. The molecule has 10 heteroatoms. The third-order valence-electron chi connectivity index (χ3n) is 8.04. The first-order valence-corrected chi connectivity index (χ1v) is 14.7. The number of carbonyl (C=O) groups excluding carboxylic acids is 1. The van der Waals surface area contributed by atoms with E-state index < -0.39 is 15.9 Å². The van der Waals surface area contributed by atoms with Gasteiger partial charge in [0.25, 0.3) is 0 Å². The Kier molecular flexibility index (Phi) is 7.43. The Morgan fingerprint density at radius 1 is 1.00 bits per heavy atom. The number of piperazine rings is 1. The van der Waals surface area contributed by atoms with Crippen molar-refractivity contribution in [1.29, 1.82) is 0 Å². The van der Waals surface area contributed by atoms with Crippen molar-refractivity contribution in [3.8, 4) is 5.75 Å². The van der Waals surface area contributed by atoms with Crippen molar-refractivity contribution in [2.24, 2.45) is 5.92 Å². The van der Waals surface area contributed by atoms with Crippen LogP contribution in [-0.2, 0) is 14.8 Å². The predicted molar refractivity (Wildman–Crippen MR) is 149 cm³/mol. The van der Waals surface area contributed by atoms with E-state index >= 15 is 0 Å². The molecule has 2 aliphatic rings. The quantitative estimate of drug-likeness (QED) is 0.460. The zero-order valence-electron chi connectivity index (χ0n) is 23.2. The Balaban J connectivity index is 1.39. The van der Waals surface area contributed by atoms with E-state index in [1.165, 1.54) is 34.3 Å². The van der Waals surface area contributed by atoms with E-state index in [4.69, 9.17) is 9.26 Å². The zero-order valence-corrected chi connectivity index (χ0v) is 24.0. The number of benzene rings is 2. The second-order valence-corrected chi connectivity index (χ2v) is 12.5. The largest absolute Gasteiger partial charge is 0.497 e. The van der Waals surface area contributed by atoms with Gasteiger partial charge < -0.3 is 19.1 Å². The number of methoxy groups -OCH3 is 1. The van der Waals surface area contributed by atoms with Crippen molar-refractivity contribution in [1.82, 2.24) is 14.4 Å². The van der Waals surface area contributed by atoms with Crippen molar-refractivity contribution >= 4 is 21.6 Å². The summed E-state index contributed by atoms with van der Waals surface area (Å²) in [6.07, 6.45) is 0. The molecule has 3 aromatic rings. The van der Waals surface area contributed by atoms with Gasteiger partial charge in [0.05, 0.1) is 23.6 Å². The molecule has 0 spiro atoms. The van der Waals surface area contributed by atoms with Gasteiger partial charge >= 0.3 is 0 Å². The van der Waals surface area contributed by atoms with Gasteiger partial charge in [-0.2, -0.15) is 4.31 Å². The van der Waals surface area contributed by atoms with Crippen molar-refractivity contribution in [2.75, 3.05) is 51.3 Å². The Bertz CT molecular complexity index is 1460. The van der Waals surface area contributed by atoms with Crippen LogP contribution in [0.5, 0.6) is 5.75 Å². The highest BCUT2D eigenvalue weighted by molar-refractivity contribution is 7.89. The molecule has 39 heavy (non-hydrogen) atoms. The van der Waals surface area contributed by atoms with E-state index in [9.17, 15) is 13.2 Å². The monoisotopic (exact) mass is 552 g/mol. The fraction of sp³-hybridized carbons (Fsp3) is 0.448. The number of carbonyl (C=O) groups is 1. The van der Waals surface area contributed by atoms with Gasteiger partial charge in [0.2, 0.25) is 15.9 Å². The van der Waals surface area contributed by atoms with Crippen LogP contribution in [0.2, 0.25) is 0 Å². The van der Waals surface area contributed by atoms with Crippen LogP contribution in [-0.4, -0.2) is 75.1 Å². The molecule has 2 fully saturated rings. The zero-order chi connectivity index (χ0) is 27.9. The fourth-order valence-electron chi connectivity index (χ4n) is 5.90. The molecule has 1 amide bonds. The highest BCUT2D eigenvalue weighted by Crippen LogP contribution is 2.40. The predicted octanol–water partition coefficient (Wildman–Crippen LogP) is 3.67. The van der Waals surface area contributed by atoms with Crippen LogP contribution < -0.4 is 9.64 Å². The van der Waals surface area contributed by atoms with Gasteiger partial charge in [0.15, 0.2) is 0 Å². The van der Waals surface area contributed by atoms with Gasteiger partial charge in [0.1, 0.15) is 11.5 Å². The molecule has 9 nitrogen and oxygen atoms in total. The minimum atomic E-state index is -3.85. The van der Waals surface area contributed by atoms with Crippen molar-refractivity contribution in [3.63, 3.8) is 0 Å². The Morgan fingerprint density at radius 2 is 1.74 bits per heavy atom. The summed E-state index contributed by atoms with van der Waals surface area (Å²) in [4.78, 5) is 18.4. The highest BCUT2D eigenvalue weighted by atomic mass is 32.2. The molecule has 2 aliphatic heterocycles. The van der Waals surface area contributed by atoms with Gasteiger partial charge in [0, 0.05) is 62.5 Å². The maximum Gasteiger partial charge on any atom is 0.243 e. The molecule has 0 radical (unpaired) electrons. The number of aryl methyl sites for hydroxylation is 4. The van der Waals surface area contributed by atoms with Gasteiger partial charge in [-0.05, 0) is 57.0 Å². The summed E-state index contributed by atoms with van der Waals surface area (Å²) in [5.41, 5.74) is 5.14. The van der Waals surface area contributed by atoms with Gasteiger partial charge in [-0.3, -0.25) is 4.79 Å². The minimum absolute atomic E-state index is 0.0241. The molecule has 1 aromatic heterocycles. The number of sulfonamides is 1. The summed E-state index contributed by atoms with van der Waals surface area (Å²) in [7, 11) is -2.34. The van der Waals surface area contributed by atoms with Crippen LogP contribution in [0.15, 0.2) is 51.9 Å². The van der Waals surface area contributed by atoms with Gasteiger partial charge in [-0.15, -0.1) is 0 Å². The number of aromatic nitrogens is 1. The molecule has 2 aromatic carbocycles. The lowest BCUT2D eigenvalue weighted by Gasteiger charge is -2.38. The summed E-state index contributed by atoms with van der Waals surface area (Å²) in [6.45, 7) is 10.8. The molecule has 5 rings (SSSR count). The standard InChI is InChI=1S/C29H36N4O5S/c1-19-9-10-20(2)27(15-19)31-11-13-32(14-12-31)29(34)26-18-33(17-25(26)28-21(3)30-38-22(28)4)39(35,36)24-8-6-7-23(16-24)37-5/h6-10,15-16,25-26H,11-14,17-18H2,1-5H3/t25-,26?/m1/s1. The second kappa shape index (κ2) is 10.7. The third-order valence-corrected chi connectivity index (χ3v) is 9.87. The number of rotatable bonds is 6. The van der Waals surface area contributed by atoms with E-state index in [1.807, 2.05) is 18.7 Å². The van der Waals surface area contributed by atoms with Crippen LogP contribution in [0.25, 0.3) is 0 Å². The highest BCUT2D eigenvalue weighted by Gasteiger charge is 2.47. The molecule has 3 heterocycles. The van der Waals surface area contributed by atoms with E-state index in [2.05, 4.69) is 42.1 Å². The number of nitrogens with zero attached hydrogens (tertiary/aromatic N) is 4. The smallest absolute Gasteiger partial charge is 0.243 e. The molecule has 0 aliphatic carbocycles. The van der Waals surface area contributed by atoms with Crippen molar-refractivity contribution < 1.29 is 22.5 Å². The lowest BCUT2D eigenvalue weighted by Crippen LogP contribution is -2.51. The SMILES string of the molecule is COc1cccc(S(=O)(=O)N2CC(C(=O)N3CCN(c4cc(C)ccc4C)CC3)[C@H](c3c(C)noc3C)C2)c1. The molecule has 2 saturated heterocycles. The number of ether oxygens (including phenoxy) is 1. The molecular formula is C29H36N4O5S. The van der Waals surface area contributed by atoms with E-state index in [-0.39, 0.29) is 29.8 Å². The first kappa shape index (κ1) is 27.2. The van der Waals surface area contributed by atoms with E-state index in [1.54, 1.807) is 18.2 Å². The number of anilines is 1. The van der Waals surface area contributed by atoms with Gasteiger partial charge in [-0.25, -0.2) is 8.42 Å². The topological polar surface area (TPSA) is 96.2 Å². The van der Waals surface area contributed by atoms with Crippen molar-refractivity contribution in [2.45, 2.75) is 38.5 Å². The van der Waals surface area contributed by atoms with Crippen LogP contribution in [0.1, 0.15) is 34.1 Å². The summed E-state index contributed by atoms with van der Waals surface area (Å²) < 4.78 is 39.5. The summed E-state index contributed by atoms with van der Waals surface area (Å²) in [5.74, 6) is 0.183. The van der Waals surface area contributed by atoms with Crippen LogP contribution in [0.4, 0.5) is 5.69 Å². The van der Waals surface area contributed by atoms with Gasteiger partial charge in [-0.1, -0.05) is 23.4 Å². The fourth-order valence-corrected chi connectivity index (χ4v) is 7.43. The van der Waals surface area contributed by atoms with Crippen LogP contribution in [0.3, 0.4) is 0 Å². The Morgan fingerprint density at radius 3 is 2.41 bits per heavy atom. The minimum Gasteiger partial charge on any atom is -0.497 e. The lowest BCUT2D eigenvalue weighted by molar-refractivity contribution is -0.135. The normalized spacial score (nSPS) is 20.4. The average molecular weight is 553 g/mol. The average Bonchev–Trinajstić information content (AvgIpc) is 3.52. The Hall–Kier alpha value is -3.37. The molecule has 0 bridgehead atoms. The molecule has 0 N–H and O–H groups in total. The van der Waals surface area contributed by atoms with Crippen molar-refractivity contribution in [3.05, 3.63) is 70.6 Å². The number of amides is 1. The maximum atomic E-state index is 14.0. The Labute approximate surface area is 230 Å². The molecule has 2 atom stereocenters. The molecule has 0 saturated carbocycles.